The minimum absolute atomic E-state index is 0.00767. The lowest BCUT2D eigenvalue weighted by molar-refractivity contribution is -0.120. The van der Waals surface area contributed by atoms with Gasteiger partial charge in [0, 0.05) is 37.1 Å². The Balaban J connectivity index is 1.63. The molecule has 0 bridgehead atoms. The molecule has 1 fully saturated rings. The second-order valence-electron chi connectivity index (χ2n) is 6.73. The van der Waals surface area contributed by atoms with Crippen LogP contribution in [0.2, 0.25) is 0 Å². The first-order chi connectivity index (χ1) is 12.5. The van der Waals surface area contributed by atoms with E-state index in [1.807, 2.05) is 55.5 Å². The third kappa shape index (κ3) is 4.42. The van der Waals surface area contributed by atoms with Crippen molar-refractivity contribution < 1.29 is 9.59 Å². The molecule has 26 heavy (non-hydrogen) atoms. The highest BCUT2D eigenvalue weighted by Crippen LogP contribution is 2.22. The van der Waals surface area contributed by atoms with Gasteiger partial charge in [0.25, 0.3) is 0 Å². The predicted molar refractivity (Wildman–Crippen MR) is 106 cm³/mol. The molecule has 2 aromatic carbocycles. The summed E-state index contributed by atoms with van der Waals surface area (Å²) in [5, 5.41) is 2.87. The Morgan fingerprint density at radius 2 is 1.62 bits per heavy atom. The summed E-state index contributed by atoms with van der Waals surface area (Å²) in [6.45, 7) is 5.64. The Kier molecular flexibility index (Phi) is 5.56. The summed E-state index contributed by atoms with van der Waals surface area (Å²) < 4.78 is 0. The van der Waals surface area contributed by atoms with Gasteiger partial charge in [-0.3, -0.25) is 9.59 Å². The molecule has 2 amide bonds. The van der Waals surface area contributed by atoms with Gasteiger partial charge in [0.2, 0.25) is 11.8 Å². The second kappa shape index (κ2) is 8.04. The third-order valence-corrected chi connectivity index (χ3v) is 4.65. The molecule has 5 nitrogen and oxygen atoms in total. The van der Waals surface area contributed by atoms with E-state index in [0.717, 1.165) is 30.0 Å². The summed E-state index contributed by atoms with van der Waals surface area (Å²) in [7, 11) is 0. The fraction of sp³-hybridized carbons (Fsp3) is 0.333. The van der Waals surface area contributed by atoms with E-state index in [1.165, 1.54) is 30.4 Å². The van der Waals surface area contributed by atoms with Crippen molar-refractivity contribution in [1.29, 1.82) is 0 Å². The van der Waals surface area contributed by atoms with Crippen LogP contribution in [0.3, 0.4) is 0 Å². The molecule has 3 rings (SSSR count). The maximum Gasteiger partial charge on any atom is 0.244 e. The number of carbonyl (C=O) groups excluding carboxylic acids is 2. The van der Waals surface area contributed by atoms with E-state index in [1.54, 1.807) is 0 Å². The topological polar surface area (TPSA) is 52.7 Å². The van der Waals surface area contributed by atoms with Gasteiger partial charge < -0.3 is 15.1 Å². The summed E-state index contributed by atoms with van der Waals surface area (Å²) in [6.07, 6.45) is 2.47. The van der Waals surface area contributed by atoms with Crippen LogP contribution in [-0.2, 0) is 9.59 Å². The highest BCUT2D eigenvalue weighted by Gasteiger charge is 2.16. The van der Waals surface area contributed by atoms with Crippen molar-refractivity contribution in [2.75, 3.05) is 34.8 Å². The number of nitrogens with one attached hydrogen (secondary N) is 1. The lowest BCUT2D eigenvalue weighted by Gasteiger charge is -2.21. The first kappa shape index (κ1) is 18.0. The molecule has 0 radical (unpaired) electrons. The highest BCUT2D eigenvalue weighted by atomic mass is 16.2. The fourth-order valence-corrected chi connectivity index (χ4v) is 3.18. The van der Waals surface area contributed by atoms with Crippen LogP contribution in [0.1, 0.15) is 25.3 Å². The molecule has 0 unspecified atom stereocenters. The molecule has 0 atom stereocenters. The number of nitrogens with zero attached hydrogens (tertiary/aromatic N) is 2. The zero-order chi connectivity index (χ0) is 18.5. The summed E-state index contributed by atoms with van der Waals surface area (Å²) in [6, 6.07) is 15.5. The molecule has 0 saturated carbocycles. The molecular weight excluding hydrogens is 326 g/mol. The van der Waals surface area contributed by atoms with E-state index < -0.39 is 0 Å². The smallest absolute Gasteiger partial charge is 0.244 e. The van der Waals surface area contributed by atoms with E-state index in [2.05, 4.69) is 10.2 Å². The Bertz CT molecular complexity index is 763. The predicted octanol–water partition coefficient (Wildman–Crippen LogP) is 3.59. The number of amides is 2. The molecule has 0 aromatic heterocycles. The molecule has 0 aliphatic carbocycles. The fourth-order valence-electron chi connectivity index (χ4n) is 3.18. The number of aryl methyl sites for hydroxylation is 1. The molecule has 1 heterocycles. The van der Waals surface area contributed by atoms with Gasteiger partial charge in [0.15, 0.2) is 0 Å². The molecule has 2 aromatic rings. The van der Waals surface area contributed by atoms with Crippen molar-refractivity contribution >= 4 is 28.9 Å². The quantitative estimate of drug-likeness (QED) is 0.896. The summed E-state index contributed by atoms with van der Waals surface area (Å²) >= 11 is 0. The third-order valence-electron chi connectivity index (χ3n) is 4.65. The molecule has 1 saturated heterocycles. The largest absolute Gasteiger partial charge is 0.372 e. The minimum Gasteiger partial charge on any atom is -0.372 e. The van der Waals surface area contributed by atoms with Crippen molar-refractivity contribution in [2.24, 2.45) is 0 Å². The zero-order valence-corrected chi connectivity index (χ0v) is 15.4. The molecule has 5 heteroatoms. The van der Waals surface area contributed by atoms with Gasteiger partial charge in [0.1, 0.15) is 6.54 Å². The normalized spacial score (nSPS) is 13.5. The maximum absolute atomic E-state index is 12.4. The number of rotatable bonds is 5. The van der Waals surface area contributed by atoms with Gasteiger partial charge in [-0.2, -0.15) is 0 Å². The Morgan fingerprint density at radius 1 is 1.00 bits per heavy atom. The van der Waals surface area contributed by atoms with Gasteiger partial charge in [-0.1, -0.05) is 17.7 Å². The first-order valence-electron chi connectivity index (χ1n) is 9.02. The second-order valence-corrected chi connectivity index (χ2v) is 6.73. The van der Waals surface area contributed by atoms with E-state index in [4.69, 9.17) is 0 Å². The van der Waals surface area contributed by atoms with Crippen LogP contribution in [0.15, 0.2) is 48.5 Å². The van der Waals surface area contributed by atoms with Crippen LogP contribution in [0.5, 0.6) is 0 Å². The van der Waals surface area contributed by atoms with Crippen molar-refractivity contribution in [3.8, 4) is 0 Å². The zero-order valence-electron chi connectivity index (χ0n) is 15.4. The molecular formula is C21H25N3O2. The lowest BCUT2D eigenvalue weighted by atomic mass is 10.2. The van der Waals surface area contributed by atoms with E-state index in [9.17, 15) is 9.59 Å². The number of hydrogen-bond acceptors (Lipinski definition) is 3. The minimum atomic E-state index is -0.213. The first-order valence-corrected chi connectivity index (χ1v) is 9.02. The van der Waals surface area contributed by atoms with Gasteiger partial charge in [-0.25, -0.2) is 0 Å². The standard InChI is InChI=1S/C21H25N3O2/c1-16-5-9-20(10-6-16)24(17(2)25)15-21(26)22-18-7-11-19(12-8-18)23-13-3-4-14-23/h5-12H,3-4,13-15H2,1-2H3,(H,22,26). The number of hydrogen-bond donors (Lipinski definition) is 1. The highest BCUT2D eigenvalue weighted by molar-refractivity contribution is 6.01. The van der Waals surface area contributed by atoms with E-state index >= 15 is 0 Å². The number of carbonyl (C=O) groups is 2. The SMILES string of the molecule is CC(=O)N(CC(=O)Nc1ccc(N2CCCC2)cc1)c1ccc(C)cc1. The van der Waals surface area contributed by atoms with E-state index in [-0.39, 0.29) is 18.4 Å². The lowest BCUT2D eigenvalue weighted by Crippen LogP contribution is -2.36. The summed E-state index contributed by atoms with van der Waals surface area (Å²) in [5.41, 5.74) is 3.76. The van der Waals surface area contributed by atoms with Crippen LogP contribution in [0.4, 0.5) is 17.1 Å². The Hall–Kier alpha value is -2.82. The van der Waals surface area contributed by atoms with Crippen LogP contribution >= 0.6 is 0 Å². The monoisotopic (exact) mass is 351 g/mol. The number of benzene rings is 2. The Labute approximate surface area is 154 Å². The number of anilines is 3. The molecule has 1 aliphatic heterocycles. The average molecular weight is 351 g/mol. The average Bonchev–Trinajstić information content (AvgIpc) is 3.16. The van der Waals surface area contributed by atoms with Crippen LogP contribution in [0.25, 0.3) is 0 Å². The van der Waals surface area contributed by atoms with Gasteiger partial charge in [-0.15, -0.1) is 0 Å². The van der Waals surface area contributed by atoms with Gasteiger partial charge in [0.05, 0.1) is 0 Å². The summed E-state index contributed by atoms with van der Waals surface area (Å²) in [4.78, 5) is 28.2. The van der Waals surface area contributed by atoms with E-state index in [0.29, 0.717) is 0 Å². The van der Waals surface area contributed by atoms with Crippen LogP contribution < -0.4 is 15.1 Å². The van der Waals surface area contributed by atoms with Gasteiger partial charge in [-0.05, 0) is 56.2 Å². The van der Waals surface area contributed by atoms with Crippen LogP contribution in [0, 0.1) is 6.92 Å². The van der Waals surface area contributed by atoms with Crippen molar-refractivity contribution in [3.05, 3.63) is 54.1 Å². The van der Waals surface area contributed by atoms with Crippen LogP contribution in [-0.4, -0.2) is 31.4 Å². The van der Waals surface area contributed by atoms with Gasteiger partial charge >= 0.3 is 0 Å². The summed E-state index contributed by atoms with van der Waals surface area (Å²) in [5.74, 6) is -0.372. The maximum atomic E-state index is 12.4. The Morgan fingerprint density at radius 3 is 2.19 bits per heavy atom. The molecule has 1 N–H and O–H groups in total. The van der Waals surface area contributed by atoms with Crippen molar-refractivity contribution in [2.45, 2.75) is 26.7 Å². The molecule has 1 aliphatic rings. The van der Waals surface area contributed by atoms with Crippen molar-refractivity contribution in [3.63, 3.8) is 0 Å². The van der Waals surface area contributed by atoms with Crippen molar-refractivity contribution in [1.82, 2.24) is 0 Å². The molecule has 0 spiro atoms. The molecule has 136 valence electrons.